The zero-order valence-corrected chi connectivity index (χ0v) is 8.23. The number of urea groups is 1. The number of hydrogen-bond acceptors (Lipinski definition) is 2. The van der Waals surface area contributed by atoms with Gasteiger partial charge in [-0.05, 0) is 24.7 Å². The fourth-order valence-corrected chi connectivity index (χ4v) is 2.10. The van der Waals surface area contributed by atoms with E-state index in [1.54, 1.807) is 0 Å². The van der Waals surface area contributed by atoms with Crippen LogP contribution in [0.5, 0.6) is 0 Å². The predicted octanol–water partition coefficient (Wildman–Crippen LogP) is 1.13. The van der Waals surface area contributed by atoms with E-state index in [0.29, 0.717) is 5.41 Å². The van der Waals surface area contributed by atoms with Crippen LogP contribution in [0.25, 0.3) is 0 Å². The molecule has 0 spiro atoms. The molecule has 0 atom stereocenters. The molecule has 0 aromatic carbocycles. The number of carbonyl (C=O) groups is 1. The van der Waals surface area contributed by atoms with Gasteiger partial charge in [0.25, 0.3) is 0 Å². The number of nitrogens with one attached hydrogen (secondary N) is 2. The van der Waals surface area contributed by atoms with Crippen LogP contribution in [-0.2, 0) is 0 Å². The fourth-order valence-electron chi connectivity index (χ4n) is 2.10. The van der Waals surface area contributed by atoms with E-state index in [1.807, 2.05) is 0 Å². The summed E-state index contributed by atoms with van der Waals surface area (Å²) in [6.07, 6.45) is 6.18. The van der Waals surface area contributed by atoms with Crippen molar-refractivity contribution in [3.63, 3.8) is 0 Å². The molecule has 0 heterocycles. The predicted molar refractivity (Wildman–Crippen MR) is 51.9 cm³/mol. The first-order chi connectivity index (χ1) is 6.22. The lowest BCUT2D eigenvalue weighted by Crippen LogP contribution is -2.44. The number of amides is 2. The van der Waals surface area contributed by atoms with Crippen LogP contribution in [-0.4, -0.2) is 12.6 Å². The van der Waals surface area contributed by atoms with Crippen LogP contribution in [0.3, 0.4) is 0 Å². The van der Waals surface area contributed by atoms with Gasteiger partial charge in [-0.2, -0.15) is 0 Å². The summed E-state index contributed by atoms with van der Waals surface area (Å²) >= 11 is 0. The van der Waals surface area contributed by atoms with Crippen LogP contribution >= 0.6 is 0 Å². The first kappa shape index (κ1) is 10.3. The second-order valence-electron chi connectivity index (χ2n) is 3.89. The zero-order chi connectivity index (χ0) is 9.73. The average molecular weight is 185 g/mol. The Morgan fingerprint density at radius 3 is 2.54 bits per heavy atom. The van der Waals surface area contributed by atoms with E-state index in [9.17, 15) is 4.79 Å². The highest BCUT2D eigenvalue weighted by Gasteiger charge is 2.31. The van der Waals surface area contributed by atoms with Gasteiger partial charge in [0.15, 0.2) is 0 Å². The lowest BCUT2D eigenvalue weighted by Gasteiger charge is -2.27. The topological polar surface area (TPSA) is 67.2 Å². The van der Waals surface area contributed by atoms with Crippen LogP contribution in [0.4, 0.5) is 4.79 Å². The first-order valence-electron chi connectivity index (χ1n) is 4.97. The maximum absolute atomic E-state index is 10.9. The Kier molecular flexibility index (Phi) is 3.54. The Balaban J connectivity index is 2.35. The molecule has 0 saturated heterocycles. The van der Waals surface area contributed by atoms with Crippen LogP contribution in [0.2, 0.25) is 0 Å². The van der Waals surface area contributed by atoms with Crippen molar-refractivity contribution in [2.24, 2.45) is 11.3 Å². The molecule has 0 aromatic rings. The largest absolute Gasteiger partial charge is 0.337 e. The molecule has 4 N–H and O–H groups in total. The molecule has 1 fully saturated rings. The highest BCUT2D eigenvalue weighted by atomic mass is 16.2. The molecule has 0 aliphatic heterocycles. The molecule has 0 aromatic heterocycles. The Hall–Kier alpha value is -0.770. The summed E-state index contributed by atoms with van der Waals surface area (Å²) in [5.74, 6) is 4.98. The molecule has 4 heteroatoms. The third kappa shape index (κ3) is 2.59. The van der Waals surface area contributed by atoms with Crippen molar-refractivity contribution in [2.75, 3.05) is 6.54 Å². The minimum absolute atomic E-state index is 0.278. The van der Waals surface area contributed by atoms with Gasteiger partial charge in [-0.15, -0.1) is 0 Å². The SMILES string of the molecule is CCC1(CNC(=O)NN)CCCC1. The number of carbonyl (C=O) groups excluding carboxylic acids is 1. The fraction of sp³-hybridized carbons (Fsp3) is 0.889. The molecule has 4 nitrogen and oxygen atoms in total. The lowest BCUT2D eigenvalue weighted by molar-refractivity contribution is 0.225. The van der Waals surface area contributed by atoms with Gasteiger partial charge in [-0.3, -0.25) is 5.43 Å². The monoisotopic (exact) mass is 185 g/mol. The summed E-state index contributed by atoms with van der Waals surface area (Å²) in [6.45, 7) is 2.94. The van der Waals surface area contributed by atoms with Crippen LogP contribution in [0.1, 0.15) is 39.0 Å². The van der Waals surface area contributed by atoms with E-state index in [0.717, 1.165) is 13.0 Å². The van der Waals surface area contributed by atoms with Gasteiger partial charge in [-0.25, -0.2) is 10.6 Å². The van der Waals surface area contributed by atoms with Gasteiger partial charge in [0.05, 0.1) is 0 Å². The summed E-state index contributed by atoms with van der Waals surface area (Å²) < 4.78 is 0. The van der Waals surface area contributed by atoms with Crippen molar-refractivity contribution in [3.8, 4) is 0 Å². The van der Waals surface area contributed by atoms with E-state index in [2.05, 4.69) is 17.7 Å². The van der Waals surface area contributed by atoms with E-state index in [4.69, 9.17) is 5.84 Å². The molecule has 1 aliphatic rings. The molecule has 0 bridgehead atoms. The van der Waals surface area contributed by atoms with E-state index >= 15 is 0 Å². The number of nitrogens with two attached hydrogens (primary N) is 1. The normalized spacial score (nSPS) is 19.8. The second-order valence-corrected chi connectivity index (χ2v) is 3.89. The Morgan fingerprint density at radius 1 is 1.46 bits per heavy atom. The van der Waals surface area contributed by atoms with Gasteiger partial charge >= 0.3 is 6.03 Å². The molecule has 2 amide bonds. The van der Waals surface area contributed by atoms with Crippen molar-refractivity contribution >= 4 is 6.03 Å². The third-order valence-electron chi connectivity index (χ3n) is 3.17. The molecule has 1 aliphatic carbocycles. The van der Waals surface area contributed by atoms with Crippen LogP contribution < -0.4 is 16.6 Å². The van der Waals surface area contributed by atoms with Crippen LogP contribution in [0.15, 0.2) is 0 Å². The van der Waals surface area contributed by atoms with Gasteiger partial charge < -0.3 is 5.32 Å². The lowest BCUT2D eigenvalue weighted by atomic mass is 9.83. The second kappa shape index (κ2) is 4.46. The average Bonchev–Trinajstić information content (AvgIpc) is 2.63. The molecular formula is C9H19N3O. The minimum Gasteiger partial charge on any atom is -0.337 e. The highest BCUT2D eigenvalue weighted by molar-refractivity contribution is 5.73. The maximum atomic E-state index is 10.9. The van der Waals surface area contributed by atoms with Crippen LogP contribution in [0, 0.1) is 5.41 Å². The zero-order valence-electron chi connectivity index (χ0n) is 8.23. The Morgan fingerprint density at radius 2 is 2.08 bits per heavy atom. The van der Waals surface area contributed by atoms with Gasteiger partial charge in [-0.1, -0.05) is 19.8 Å². The molecular weight excluding hydrogens is 166 g/mol. The van der Waals surface area contributed by atoms with Gasteiger partial charge in [0.1, 0.15) is 0 Å². The van der Waals surface area contributed by atoms with Crippen molar-refractivity contribution < 1.29 is 4.79 Å². The van der Waals surface area contributed by atoms with Crippen molar-refractivity contribution in [3.05, 3.63) is 0 Å². The molecule has 13 heavy (non-hydrogen) atoms. The summed E-state index contributed by atoms with van der Waals surface area (Å²) in [4.78, 5) is 10.9. The quantitative estimate of drug-likeness (QED) is 0.350. The number of hydrogen-bond donors (Lipinski definition) is 3. The molecule has 1 rings (SSSR count). The maximum Gasteiger partial charge on any atom is 0.328 e. The molecule has 76 valence electrons. The first-order valence-corrected chi connectivity index (χ1v) is 4.97. The smallest absolute Gasteiger partial charge is 0.328 e. The van der Waals surface area contributed by atoms with Crippen molar-refractivity contribution in [2.45, 2.75) is 39.0 Å². The summed E-state index contributed by atoms with van der Waals surface area (Å²) in [6, 6.07) is -0.278. The summed E-state index contributed by atoms with van der Waals surface area (Å²) in [5.41, 5.74) is 2.42. The highest BCUT2D eigenvalue weighted by Crippen LogP contribution is 2.40. The van der Waals surface area contributed by atoms with Gasteiger partial charge in [0, 0.05) is 6.54 Å². The number of rotatable bonds is 3. The van der Waals surface area contributed by atoms with Gasteiger partial charge in [0.2, 0.25) is 0 Å². The molecule has 0 unspecified atom stereocenters. The molecule has 1 saturated carbocycles. The van der Waals surface area contributed by atoms with E-state index < -0.39 is 0 Å². The summed E-state index contributed by atoms with van der Waals surface area (Å²) in [5, 5.41) is 2.79. The molecule has 0 radical (unpaired) electrons. The van der Waals surface area contributed by atoms with Crippen molar-refractivity contribution in [1.29, 1.82) is 0 Å². The Labute approximate surface area is 79.2 Å². The van der Waals surface area contributed by atoms with Crippen molar-refractivity contribution in [1.82, 2.24) is 10.7 Å². The van der Waals surface area contributed by atoms with E-state index in [1.165, 1.54) is 25.7 Å². The minimum atomic E-state index is -0.278. The number of hydrazine groups is 1. The Bertz CT molecular complexity index is 176. The van der Waals surface area contributed by atoms with E-state index in [-0.39, 0.29) is 6.03 Å². The standard InChI is InChI=1S/C9H19N3O/c1-2-9(5-3-4-6-9)7-11-8(13)12-10/h2-7,10H2,1H3,(H2,11,12,13). The summed E-state index contributed by atoms with van der Waals surface area (Å²) in [7, 11) is 0. The third-order valence-corrected chi connectivity index (χ3v) is 3.17.